The predicted octanol–water partition coefficient (Wildman–Crippen LogP) is 1.38. The Bertz CT molecular complexity index is 831. The lowest BCUT2D eigenvalue weighted by Crippen LogP contribution is -2.36. The van der Waals surface area contributed by atoms with E-state index >= 15 is 0 Å². The van der Waals surface area contributed by atoms with Crippen molar-refractivity contribution < 1.29 is 14.4 Å². The molecular weight excluding hydrogens is 346 g/mol. The zero-order chi connectivity index (χ0) is 18.0. The highest BCUT2D eigenvalue weighted by molar-refractivity contribution is 6.30. The molecule has 4 amide bonds. The first-order chi connectivity index (χ1) is 11.9. The summed E-state index contributed by atoms with van der Waals surface area (Å²) in [4.78, 5) is 36.0. The molecule has 25 heavy (non-hydrogen) atoms. The molecule has 2 N–H and O–H groups in total. The minimum absolute atomic E-state index is 0.116. The summed E-state index contributed by atoms with van der Waals surface area (Å²) in [6.07, 6.45) is 0. The first-order valence-corrected chi connectivity index (χ1v) is 7.96. The second-order valence-electron chi connectivity index (χ2n) is 5.71. The van der Waals surface area contributed by atoms with Gasteiger partial charge in [-0.05, 0) is 24.6 Å². The van der Waals surface area contributed by atoms with Gasteiger partial charge in [0.15, 0.2) is 0 Å². The molecule has 3 rings (SSSR count). The van der Waals surface area contributed by atoms with Gasteiger partial charge in [-0.1, -0.05) is 23.7 Å². The minimum atomic E-state index is -0.564. The van der Waals surface area contributed by atoms with E-state index in [1.807, 2.05) is 19.1 Å². The van der Waals surface area contributed by atoms with Crippen molar-refractivity contribution in [2.75, 3.05) is 18.4 Å². The Hall–Kier alpha value is -2.87. The van der Waals surface area contributed by atoms with Crippen LogP contribution in [0.4, 0.5) is 10.6 Å². The number of imide groups is 1. The Labute approximate surface area is 148 Å². The highest BCUT2D eigenvalue weighted by atomic mass is 35.5. The summed E-state index contributed by atoms with van der Waals surface area (Å²) in [5, 5.41) is 9.86. The van der Waals surface area contributed by atoms with Crippen LogP contribution >= 0.6 is 11.6 Å². The molecule has 1 aliphatic heterocycles. The summed E-state index contributed by atoms with van der Waals surface area (Å²) >= 11 is 5.88. The smallest absolute Gasteiger partial charge is 0.309 e. The third-order valence-electron chi connectivity index (χ3n) is 3.62. The Morgan fingerprint density at radius 1 is 1.32 bits per heavy atom. The van der Waals surface area contributed by atoms with Crippen LogP contribution < -0.4 is 10.6 Å². The Morgan fingerprint density at radius 2 is 2.04 bits per heavy atom. The topological polar surface area (TPSA) is 96.3 Å². The molecular formula is C16H16ClN5O3. The number of nitrogens with one attached hydrogen (secondary N) is 2. The van der Waals surface area contributed by atoms with E-state index in [2.05, 4.69) is 15.7 Å². The van der Waals surface area contributed by atoms with E-state index < -0.39 is 17.8 Å². The van der Waals surface area contributed by atoms with Crippen LogP contribution in [0.15, 0.2) is 30.3 Å². The number of halogens is 1. The van der Waals surface area contributed by atoms with Crippen LogP contribution in [0, 0.1) is 6.92 Å². The molecule has 1 aromatic heterocycles. The van der Waals surface area contributed by atoms with Gasteiger partial charge in [0, 0.05) is 11.1 Å². The third-order valence-corrected chi connectivity index (χ3v) is 3.87. The standard InChI is InChI=1S/C16H16ClN5O3/c1-10-6-13(18-14(23)8-21-9-15(24)19-16(21)25)22(20-10)7-11-2-4-12(17)5-3-11/h2-6H,7-9H2,1H3,(H,18,23)(H,19,24,25). The van der Waals surface area contributed by atoms with E-state index in [1.165, 1.54) is 0 Å². The molecule has 1 aromatic carbocycles. The zero-order valence-electron chi connectivity index (χ0n) is 13.5. The van der Waals surface area contributed by atoms with Crippen molar-refractivity contribution in [1.29, 1.82) is 0 Å². The maximum atomic E-state index is 12.2. The van der Waals surface area contributed by atoms with Crippen LogP contribution in [-0.2, 0) is 16.1 Å². The number of urea groups is 1. The van der Waals surface area contributed by atoms with Crippen molar-refractivity contribution in [2.45, 2.75) is 13.5 Å². The molecule has 8 nitrogen and oxygen atoms in total. The van der Waals surface area contributed by atoms with Gasteiger partial charge in [-0.25, -0.2) is 9.48 Å². The fraction of sp³-hybridized carbons (Fsp3) is 0.250. The Balaban J connectivity index is 1.68. The number of aromatic nitrogens is 2. The van der Waals surface area contributed by atoms with E-state index in [1.54, 1.807) is 22.9 Å². The Morgan fingerprint density at radius 3 is 2.68 bits per heavy atom. The van der Waals surface area contributed by atoms with Crippen molar-refractivity contribution in [3.8, 4) is 0 Å². The average molecular weight is 362 g/mol. The van der Waals surface area contributed by atoms with Crippen molar-refractivity contribution in [3.05, 3.63) is 46.6 Å². The SMILES string of the molecule is Cc1cc(NC(=O)CN2CC(=O)NC2=O)n(Cc2ccc(Cl)cc2)n1. The van der Waals surface area contributed by atoms with Gasteiger partial charge >= 0.3 is 6.03 Å². The molecule has 0 aliphatic carbocycles. The van der Waals surface area contributed by atoms with Crippen molar-refractivity contribution in [3.63, 3.8) is 0 Å². The molecule has 0 radical (unpaired) electrons. The Kier molecular flexibility index (Phi) is 4.71. The molecule has 130 valence electrons. The number of anilines is 1. The number of hydrogen-bond acceptors (Lipinski definition) is 4. The monoisotopic (exact) mass is 361 g/mol. The van der Waals surface area contributed by atoms with Gasteiger partial charge in [-0.2, -0.15) is 5.10 Å². The molecule has 9 heteroatoms. The predicted molar refractivity (Wildman–Crippen MR) is 91.3 cm³/mol. The lowest BCUT2D eigenvalue weighted by molar-refractivity contribution is -0.119. The first kappa shape index (κ1) is 17.0. The summed E-state index contributed by atoms with van der Waals surface area (Å²) in [6, 6.07) is 8.51. The first-order valence-electron chi connectivity index (χ1n) is 7.58. The molecule has 0 atom stereocenters. The number of carbonyl (C=O) groups is 3. The molecule has 1 saturated heterocycles. The molecule has 1 aliphatic rings. The fourth-order valence-electron chi connectivity index (χ4n) is 2.50. The molecule has 0 bridgehead atoms. The van der Waals surface area contributed by atoms with E-state index in [9.17, 15) is 14.4 Å². The van der Waals surface area contributed by atoms with Crippen LogP contribution in [0.25, 0.3) is 0 Å². The molecule has 0 unspecified atom stereocenters. The van der Waals surface area contributed by atoms with Gasteiger partial charge in [0.25, 0.3) is 0 Å². The zero-order valence-corrected chi connectivity index (χ0v) is 14.2. The maximum Gasteiger partial charge on any atom is 0.325 e. The van der Waals surface area contributed by atoms with E-state index in [-0.39, 0.29) is 13.1 Å². The number of amides is 4. The van der Waals surface area contributed by atoms with E-state index in [0.29, 0.717) is 17.4 Å². The largest absolute Gasteiger partial charge is 0.325 e. The number of nitrogens with zero attached hydrogens (tertiary/aromatic N) is 3. The highest BCUT2D eigenvalue weighted by Crippen LogP contribution is 2.15. The quantitative estimate of drug-likeness (QED) is 0.786. The van der Waals surface area contributed by atoms with Crippen LogP contribution in [0.2, 0.25) is 5.02 Å². The second kappa shape index (κ2) is 6.94. The van der Waals surface area contributed by atoms with Gasteiger partial charge in [-0.15, -0.1) is 0 Å². The van der Waals surface area contributed by atoms with Crippen molar-refractivity contribution >= 4 is 35.3 Å². The summed E-state index contributed by atoms with van der Waals surface area (Å²) in [5.41, 5.74) is 1.73. The molecule has 2 heterocycles. The summed E-state index contributed by atoms with van der Waals surface area (Å²) in [6.45, 7) is 1.96. The second-order valence-corrected chi connectivity index (χ2v) is 6.15. The van der Waals surface area contributed by atoms with Crippen molar-refractivity contribution in [1.82, 2.24) is 20.0 Å². The van der Waals surface area contributed by atoms with Crippen LogP contribution in [0.3, 0.4) is 0 Å². The lowest BCUT2D eigenvalue weighted by Gasteiger charge is -2.13. The van der Waals surface area contributed by atoms with Gasteiger partial charge < -0.3 is 10.2 Å². The number of rotatable bonds is 5. The van der Waals surface area contributed by atoms with Crippen molar-refractivity contribution in [2.24, 2.45) is 0 Å². The van der Waals surface area contributed by atoms with E-state index in [0.717, 1.165) is 16.2 Å². The molecule has 1 fully saturated rings. The summed E-state index contributed by atoms with van der Waals surface area (Å²) in [7, 11) is 0. The van der Waals surface area contributed by atoms with Crippen LogP contribution in [0.1, 0.15) is 11.3 Å². The van der Waals surface area contributed by atoms with Gasteiger partial charge in [0.2, 0.25) is 11.8 Å². The van der Waals surface area contributed by atoms with Gasteiger partial charge in [-0.3, -0.25) is 14.9 Å². The number of hydrogen-bond donors (Lipinski definition) is 2. The van der Waals surface area contributed by atoms with Crippen LogP contribution in [-0.4, -0.2) is 45.6 Å². The minimum Gasteiger partial charge on any atom is -0.309 e. The number of aryl methyl sites for hydroxylation is 1. The van der Waals surface area contributed by atoms with Gasteiger partial charge in [0.05, 0.1) is 12.2 Å². The number of benzene rings is 1. The summed E-state index contributed by atoms with van der Waals surface area (Å²) in [5.74, 6) is -0.299. The normalized spacial score (nSPS) is 13.9. The maximum absolute atomic E-state index is 12.2. The van der Waals surface area contributed by atoms with Crippen LogP contribution in [0.5, 0.6) is 0 Å². The fourth-order valence-corrected chi connectivity index (χ4v) is 2.62. The molecule has 0 spiro atoms. The molecule has 2 aromatic rings. The lowest BCUT2D eigenvalue weighted by atomic mass is 10.2. The average Bonchev–Trinajstić information content (AvgIpc) is 3.03. The molecule has 0 saturated carbocycles. The highest BCUT2D eigenvalue weighted by Gasteiger charge is 2.28. The number of carbonyl (C=O) groups excluding carboxylic acids is 3. The van der Waals surface area contributed by atoms with E-state index in [4.69, 9.17) is 11.6 Å². The summed E-state index contributed by atoms with van der Waals surface area (Å²) < 4.78 is 1.66. The van der Waals surface area contributed by atoms with Gasteiger partial charge in [0.1, 0.15) is 18.9 Å². The third kappa shape index (κ3) is 4.16.